The maximum Gasteiger partial charge on any atom is 0.308 e. The van der Waals surface area contributed by atoms with Crippen LogP contribution in [0.5, 0.6) is 16.7 Å². The number of hydrogen-bond donors (Lipinski definition) is 0. The highest BCUT2D eigenvalue weighted by Crippen LogP contribution is 2.39. The van der Waals surface area contributed by atoms with Gasteiger partial charge in [0, 0.05) is 23.4 Å². The largest absolute Gasteiger partial charge is 0.496 e. The van der Waals surface area contributed by atoms with Crippen LogP contribution in [0.1, 0.15) is 42.3 Å². The third-order valence-corrected chi connectivity index (χ3v) is 8.76. The number of ether oxygens (including phenoxy) is 4. The first kappa shape index (κ1) is 24.7. The minimum atomic E-state index is -0.103. The molecule has 0 saturated heterocycles. The summed E-state index contributed by atoms with van der Waals surface area (Å²) in [7, 11) is 4.65. The third-order valence-electron chi connectivity index (χ3n) is 6.82. The number of imidazole rings is 1. The third kappa shape index (κ3) is 4.69. The van der Waals surface area contributed by atoms with Crippen LogP contribution in [0.4, 0.5) is 0 Å². The Morgan fingerprint density at radius 2 is 1.95 bits per heavy atom. The van der Waals surface area contributed by atoms with Gasteiger partial charge in [0.2, 0.25) is 4.96 Å². The lowest BCUT2D eigenvalue weighted by atomic mass is 9.82. The Bertz CT molecular complexity index is 1560. The van der Waals surface area contributed by atoms with Crippen LogP contribution in [0.15, 0.2) is 34.2 Å². The Morgan fingerprint density at radius 1 is 1.11 bits per heavy atom. The molecular weight excluding hydrogens is 528 g/mol. The lowest BCUT2D eigenvalue weighted by molar-refractivity contribution is -0.146. The molecule has 1 aliphatic carbocycles. The molecule has 0 unspecified atom stereocenters. The molecule has 1 aromatic carbocycles. The van der Waals surface area contributed by atoms with Gasteiger partial charge in [-0.05, 0) is 43.1 Å². The predicted molar refractivity (Wildman–Crippen MR) is 142 cm³/mol. The topological polar surface area (TPSA) is 110 Å². The molecule has 10 nitrogen and oxygen atoms in total. The van der Waals surface area contributed by atoms with Crippen LogP contribution in [0.3, 0.4) is 0 Å². The van der Waals surface area contributed by atoms with Gasteiger partial charge in [0.05, 0.1) is 49.5 Å². The van der Waals surface area contributed by atoms with Crippen molar-refractivity contribution in [3.8, 4) is 28.1 Å². The zero-order valence-corrected chi connectivity index (χ0v) is 22.8. The number of nitrogens with zero attached hydrogens (tertiary/aromatic N) is 4. The van der Waals surface area contributed by atoms with Crippen molar-refractivity contribution in [2.45, 2.75) is 38.2 Å². The number of carbonyl (C=O) groups is 1. The van der Waals surface area contributed by atoms with Gasteiger partial charge in [-0.25, -0.2) is 14.5 Å². The van der Waals surface area contributed by atoms with Gasteiger partial charge < -0.3 is 23.4 Å². The minimum Gasteiger partial charge on any atom is -0.496 e. The monoisotopic (exact) mass is 554 g/mol. The van der Waals surface area contributed by atoms with E-state index in [1.807, 2.05) is 23.6 Å². The molecule has 0 bridgehead atoms. The van der Waals surface area contributed by atoms with Crippen molar-refractivity contribution >= 4 is 44.6 Å². The minimum absolute atomic E-state index is 0.00632. The molecule has 5 aromatic rings. The smallest absolute Gasteiger partial charge is 0.308 e. The SMILES string of the molecule is COC(=O)C1CCC(c2nc(COc3cc(OC)cc4oc(-c5cn6nc(OC)sc6n5)cc34)cs2)CC1. The van der Waals surface area contributed by atoms with Crippen LogP contribution in [0, 0.1) is 5.92 Å². The summed E-state index contributed by atoms with van der Waals surface area (Å²) in [6.45, 7) is 0.320. The number of carbonyl (C=O) groups excluding carboxylic acids is 1. The van der Waals surface area contributed by atoms with Crippen molar-refractivity contribution in [3.05, 3.63) is 40.5 Å². The molecule has 0 radical (unpaired) electrons. The molecule has 1 saturated carbocycles. The van der Waals surface area contributed by atoms with Gasteiger partial charge in [-0.1, -0.05) is 0 Å². The molecule has 0 N–H and O–H groups in total. The molecule has 4 heterocycles. The van der Waals surface area contributed by atoms with Crippen LogP contribution >= 0.6 is 22.7 Å². The first-order valence-electron chi connectivity index (χ1n) is 12.2. The van der Waals surface area contributed by atoms with E-state index < -0.39 is 0 Å². The van der Waals surface area contributed by atoms with E-state index in [4.69, 9.17) is 28.3 Å². The van der Waals surface area contributed by atoms with E-state index in [2.05, 4.69) is 10.1 Å². The van der Waals surface area contributed by atoms with E-state index in [0.29, 0.717) is 51.2 Å². The first-order chi connectivity index (χ1) is 18.5. The lowest BCUT2D eigenvalue weighted by Crippen LogP contribution is -2.22. The number of esters is 1. The molecular formula is C26H26N4O6S2. The molecule has 0 amide bonds. The van der Waals surface area contributed by atoms with E-state index in [0.717, 1.165) is 41.8 Å². The summed E-state index contributed by atoms with van der Waals surface area (Å²) >= 11 is 3.00. The molecule has 0 spiro atoms. The number of methoxy groups -OCH3 is 3. The summed E-state index contributed by atoms with van der Waals surface area (Å²) in [5.74, 6) is 2.15. The summed E-state index contributed by atoms with van der Waals surface area (Å²) in [5.41, 5.74) is 2.17. The number of benzene rings is 1. The average molecular weight is 555 g/mol. The van der Waals surface area contributed by atoms with Gasteiger partial charge in [-0.3, -0.25) is 4.79 Å². The zero-order valence-electron chi connectivity index (χ0n) is 21.1. The van der Waals surface area contributed by atoms with Gasteiger partial charge in [-0.2, -0.15) is 0 Å². The van der Waals surface area contributed by atoms with Crippen LogP contribution in [0.25, 0.3) is 27.4 Å². The second-order valence-corrected chi connectivity index (χ2v) is 10.9. The van der Waals surface area contributed by atoms with E-state index in [9.17, 15) is 4.79 Å². The number of rotatable bonds is 8. The molecule has 38 heavy (non-hydrogen) atoms. The van der Waals surface area contributed by atoms with Crippen LogP contribution in [-0.2, 0) is 16.1 Å². The molecule has 4 aromatic heterocycles. The van der Waals surface area contributed by atoms with E-state index in [1.54, 1.807) is 36.3 Å². The highest BCUT2D eigenvalue weighted by Gasteiger charge is 2.29. The summed E-state index contributed by atoms with van der Waals surface area (Å²) in [6.07, 6.45) is 5.36. The van der Waals surface area contributed by atoms with E-state index in [1.165, 1.54) is 18.4 Å². The number of fused-ring (bicyclic) bond motifs is 2. The molecule has 198 valence electrons. The summed E-state index contributed by atoms with van der Waals surface area (Å²) < 4.78 is 29.6. The summed E-state index contributed by atoms with van der Waals surface area (Å²) in [6, 6.07) is 5.60. The Morgan fingerprint density at radius 3 is 2.68 bits per heavy atom. The summed E-state index contributed by atoms with van der Waals surface area (Å²) in [5, 5.41) is 8.83. The maximum atomic E-state index is 11.8. The van der Waals surface area contributed by atoms with Gasteiger partial charge in [0.1, 0.15) is 29.4 Å². The van der Waals surface area contributed by atoms with Crippen molar-refractivity contribution in [2.24, 2.45) is 5.92 Å². The second-order valence-electron chi connectivity index (χ2n) is 9.11. The molecule has 1 fully saturated rings. The Balaban J connectivity index is 1.19. The Hall–Kier alpha value is -3.64. The molecule has 6 rings (SSSR count). The van der Waals surface area contributed by atoms with Gasteiger partial charge in [0.25, 0.3) is 5.19 Å². The first-order valence-corrected chi connectivity index (χ1v) is 13.9. The fourth-order valence-corrected chi connectivity index (χ4v) is 6.48. The second kappa shape index (κ2) is 10.3. The number of aromatic nitrogens is 4. The van der Waals surface area contributed by atoms with Crippen molar-refractivity contribution in [1.29, 1.82) is 0 Å². The van der Waals surface area contributed by atoms with Gasteiger partial charge >= 0.3 is 5.97 Å². The van der Waals surface area contributed by atoms with E-state index >= 15 is 0 Å². The average Bonchev–Trinajstić information content (AvgIpc) is 3.73. The number of hydrogen-bond acceptors (Lipinski definition) is 11. The fourth-order valence-electron chi connectivity index (χ4n) is 4.80. The quantitative estimate of drug-likeness (QED) is 0.223. The maximum absolute atomic E-state index is 11.8. The molecule has 0 atom stereocenters. The van der Waals surface area contributed by atoms with E-state index in [-0.39, 0.29) is 11.9 Å². The molecule has 0 aliphatic heterocycles. The standard InChI is InChI=1S/C26H26N4O6S2/c1-32-17-8-20(35-12-16-13-37-23(27-16)14-4-6-15(7-5-14)24(31)33-2)18-10-22(36-21(18)9-17)19-11-30-25(28-19)38-26(29-30)34-3/h8-11,13-15H,4-7,12H2,1-3H3. The molecule has 1 aliphatic rings. The number of thiazole rings is 1. The Labute approximate surface area is 226 Å². The highest BCUT2D eigenvalue weighted by molar-refractivity contribution is 7.18. The van der Waals surface area contributed by atoms with Crippen molar-refractivity contribution in [2.75, 3.05) is 21.3 Å². The fraction of sp³-hybridized carbons (Fsp3) is 0.385. The van der Waals surface area contributed by atoms with Gasteiger partial charge in [0.15, 0.2) is 5.76 Å². The van der Waals surface area contributed by atoms with Crippen molar-refractivity contribution in [1.82, 2.24) is 19.6 Å². The van der Waals surface area contributed by atoms with Crippen LogP contribution in [0.2, 0.25) is 0 Å². The van der Waals surface area contributed by atoms with Crippen molar-refractivity contribution in [3.63, 3.8) is 0 Å². The van der Waals surface area contributed by atoms with Crippen LogP contribution in [-0.4, -0.2) is 46.9 Å². The predicted octanol–water partition coefficient (Wildman–Crippen LogP) is 5.70. The zero-order chi connectivity index (χ0) is 26.2. The number of furan rings is 1. The van der Waals surface area contributed by atoms with Crippen LogP contribution < -0.4 is 14.2 Å². The molecule has 12 heteroatoms. The highest BCUT2D eigenvalue weighted by atomic mass is 32.1. The van der Waals surface area contributed by atoms with Crippen molar-refractivity contribution < 1.29 is 28.2 Å². The summed E-state index contributed by atoms with van der Waals surface area (Å²) in [4.78, 5) is 22.0. The lowest BCUT2D eigenvalue weighted by Gasteiger charge is -2.25. The van der Waals surface area contributed by atoms with Gasteiger partial charge in [-0.15, -0.1) is 16.4 Å². The Kier molecular flexibility index (Phi) is 6.66. The normalized spacial score (nSPS) is 17.7.